The highest BCUT2D eigenvalue weighted by Crippen LogP contribution is 2.37. The van der Waals surface area contributed by atoms with Gasteiger partial charge in [-0.1, -0.05) is 6.07 Å². The number of aromatic carboxylic acids is 1. The molecule has 0 aliphatic carbocycles. The van der Waals surface area contributed by atoms with Gasteiger partial charge in [-0.3, -0.25) is 9.69 Å². The zero-order valence-electron chi connectivity index (χ0n) is 14.9. The fraction of sp³-hybridized carbons (Fsp3) is 0.150. The normalized spacial score (nSPS) is 18.3. The van der Waals surface area contributed by atoms with Gasteiger partial charge in [-0.2, -0.15) is 0 Å². The van der Waals surface area contributed by atoms with Crippen LogP contribution in [0.1, 0.15) is 22.8 Å². The lowest BCUT2D eigenvalue weighted by molar-refractivity contribution is -0.122. The average Bonchev–Trinajstić information content (AvgIpc) is 3.26. The number of hydrogen-bond donors (Lipinski definition) is 1. The number of thioether (sulfide) groups is 1. The molecule has 7 nitrogen and oxygen atoms in total. The third kappa shape index (κ3) is 3.46. The van der Waals surface area contributed by atoms with Crippen LogP contribution in [0.15, 0.2) is 52.4 Å². The summed E-state index contributed by atoms with van der Waals surface area (Å²) in [5.74, 6) is 0.235. The van der Waals surface area contributed by atoms with Crippen LogP contribution in [0.2, 0.25) is 0 Å². The molecule has 2 aromatic carbocycles. The number of likely N-dealkylation sites (N-methyl/N-ethyl adjacent to an activating group) is 1. The lowest BCUT2D eigenvalue weighted by Gasteiger charge is -2.12. The molecular weight excluding hydrogens is 380 g/mol. The van der Waals surface area contributed by atoms with Gasteiger partial charge >= 0.3 is 5.97 Å². The highest BCUT2D eigenvalue weighted by atomic mass is 32.2. The molecule has 1 fully saturated rings. The summed E-state index contributed by atoms with van der Waals surface area (Å²) in [6, 6.07) is 11.7. The van der Waals surface area contributed by atoms with Gasteiger partial charge < -0.3 is 14.6 Å². The van der Waals surface area contributed by atoms with Crippen LogP contribution in [-0.4, -0.2) is 40.4 Å². The second-order valence-corrected chi connectivity index (χ2v) is 7.03. The van der Waals surface area contributed by atoms with Gasteiger partial charge in [0, 0.05) is 6.54 Å². The Kier molecular flexibility index (Phi) is 4.79. The Balaban J connectivity index is 1.61. The molecule has 0 aromatic heterocycles. The smallest absolute Gasteiger partial charge is 0.335 e. The summed E-state index contributed by atoms with van der Waals surface area (Å²) in [5, 5.41) is 9.55. The molecule has 4 rings (SSSR count). The first-order valence-corrected chi connectivity index (χ1v) is 9.40. The fourth-order valence-corrected chi connectivity index (χ4v) is 3.88. The number of aliphatic imine (C=N–C) groups is 1. The SMILES string of the molecule is CCN1C(=O)/C(=C\c2ccc3c(c2)OCO3)SC1=Nc1ccc(C(=O)O)cc1. The summed E-state index contributed by atoms with van der Waals surface area (Å²) in [6.07, 6.45) is 1.80. The average molecular weight is 396 g/mol. The van der Waals surface area contributed by atoms with E-state index < -0.39 is 5.97 Å². The van der Waals surface area contributed by atoms with Crippen molar-refractivity contribution in [3.05, 3.63) is 58.5 Å². The Hall–Kier alpha value is -3.26. The van der Waals surface area contributed by atoms with E-state index in [0.717, 1.165) is 5.56 Å². The van der Waals surface area contributed by atoms with Gasteiger partial charge in [0.15, 0.2) is 16.7 Å². The second-order valence-electron chi connectivity index (χ2n) is 6.02. The monoisotopic (exact) mass is 396 g/mol. The van der Waals surface area contributed by atoms with E-state index >= 15 is 0 Å². The van der Waals surface area contributed by atoms with Crippen LogP contribution in [0.3, 0.4) is 0 Å². The molecule has 0 radical (unpaired) electrons. The number of benzene rings is 2. The largest absolute Gasteiger partial charge is 0.478 e. The van der Waals surface area contributed by atoms with Crippen molar-refractivity contribution >= 4 is 40.6 Å². The van der Waals surface area contributed by atoms with Crippen molar-refractivity contribution in [2.75, 3.05) is 13.3 Å². The minimum Gasteiger partial charge on any atom is -0.478 e. The molecule has 1 amide bonds. The minimum absolute atomic E-state index is 0.119. The van der Waals surface area contributed by atoms with E-state index in [2.05, 4.69) is 4.99 Å². The van der Waals surface area contributed by atoms with Gasteiger partial charge in [0.1, 0.15) is 0 Å². The molecule has 1 saturated heterocycles. The Bertz CT molecular complexity index is 1010. The number of fused-ring (bicyclic) bond motifs is 1. The predicted molar refractivity (Wildman–Crippen MR) is 106 cm³/mol. The number of carboxylic acid groups (broad SMARTS) is 1. The summed E-state index contributed by atoms with van der Waals surface area (Å²) in [5.41, 5.74) is 1.61. The van der Waals surface area contributed by atoms with Crippen LogP contribution >= 0.6 is 11.8 Å². The van der Waals surface area contributed by atoms with E-state index in [1.165, 1.54) is 23.9 Å². The zero-order chi connectivity index (χ0) is 19.7. The first-order chi connectivity index (χ1) is 13.5. The summed E-state index contributed by atoms with van der Waals surface area (Å²) in [7, 11) is 0. The molecule has 8 heteroatoms. The fourth-order valence-electron chi connectivity index (χ4n) is 2.81. The molecule has 2 aliphatic rings. The number of amides is 1. The van der Waals surface area contributed by atoms with Gasteiger partial charge in [0.25, 0.3) is 5.91 Å². The van der Waals surface area contributed by atoms with Crippen LogP contribution in [-0.2, 0) is 4.79 Å². The Labute approximate surface area is 165 Å². The van der Waals surface area contributed by atoms with Crippen LogP contribution in [0.5, 0.6) is 11.5 Å². The molecule has 2 heterocycles. The molecule has 142 valence electrons. The van der Waals surface area contributed by atoms with E-state index in [4.69, 9.17) is 14.6 Å². The van der Waals surface area contributed by atoms with E-state index in [1.54, 1.807) is 23.1 Å². The van der Waals surface area contributed by atoms with Crippen molar-refractivity contribution < 1.29 is 24.2 Å². The Morgan fingerprint density at radius 2 is 1.96 bits per heavy atom. The number of carboxylic acids is 1. The maximum atomic E-state index is 12.7. The molecule has 1 N–H and O–H groups in total. The molecular formula is C20H16N2O5S. The van der Waals surface area contributed by atoms with E-state index in [9.17, 15) is 9.59 Å². The number of carbonyl (C=O) groups is 2. The second kappa shape index (κ2) is 7.40. The maximum absolute atomic E-state index is 12.7. The number of nitrogens with zero attached hydrogens (tertiary/aromatic N) is 2. The number of hydrogen-bond acceptors (Lipinski definition) is 6. The van der Waals surface area contributed by atoms with E-state index in [1.807, 2.05) is 25.1 Å². The van der Waals surface area contributed by atoms with Crippen molar-refractivity contribution in [2.45, 2.75) is 6.92 Å². The summed E-state index contributed by atoms with van der Waals surface area (Å²) in [4.78, 5) is 30.4. The number of ether oxygens (including phenoxy) is 2. The molecule has 0 unspecified atom stereocenters. The number of carbonyl (C=O) groups excluding carboxylic acids is 1. The molecule has 0 bridgehead atoms. The third-order valence-corrected chi connectivity index (χ3v) is 5.24. The van der Waals surface area contributed by atoms with E-state index in [-0.39, 0.29) is 18.3 Å². The number of amidine groups is 1. The molecule has 28 heavy (non-hydrogen) atoms. The van der Waals surface area contributed by atoms with Gasteiger partial charge in [-0.25, -0.2) is 9.79 Å². The van der Waals surface area contributed by atoms with E-state index in [0.29, 0.717) is 33.8 Å². The van der Waals surface area contributed by atoms with Gasteiger partial charge in [0.2, 0.25) is 6.79 Å². The predicted octanol–water partition coefficient (Wildman–Crippen LogP) is 3.74. The standard InChI is InChI=1S/C20H16N2O5S/c1-2-22-18(23)17(10-12-3-8-15-16(9-12)27-11-26-15)28-20(22)21-14-6-4-13(5-7-14)19(24)25/h3-10H,2,11H2,1H3,(H,24,25)/b17-10+,21-20?. The summed E-state index contributed by atoms with van der Waals surface area (Å²) < 4.78 is 10.7. The van der Waals surface area contributed by atoms with Crippen LogP contribution < -0.4 is 9.47 Å². The topological polar surface area (TPSA) is 88.4 Å². The Morgan fingerprint density at radius 3 is 2.68 bits per heavy atom. The first kappa shape index (κ1) is 18.1. The lowest BCUT2D eigenvalue weighted by Crippen LogP contribution is -2.28. The van der Waals surface area contributed by atoms with Gasteiger partial charge in [-0.05, 0) is 66.7 Å². The molecule has 0 atom stereocenters. The molecule has 0 saturated carbocycles. The first-order valence-electron chi connectivity index (χ1n) is 8.58. The highest BCUT2D eigenvalue weighted by molar-refractivity contribution is 8.18. The van der Waals surface area contributed by atoms with Crippen LogP contribution in [0, 0.1) is 0 Å². The third-order valence-electron chi connectivity index (χ3n) is 4.24. The van der Waals surface area contributed by atoms with Crippen molar-refractivity contribution in [1.82, 2.24) is 4.90 Å². The molecule has 2 aromatic rings. The summed E-state index contributed by atoms with van der Waals surface area (Å²) in [6.45, 7) is 2.56. The quantitative estimate of drug-likeness (QED) is 0.792. The van der Waals surface area contributed by atoms with Crippen molar-refractivity contribution in [1.29, 1.82) is 0 Å². The maximum Gasteiger partial charge on any atom is 0.335 e. The van der Waals surface area contributed by atoms with Crippen molar-refractivity contribution in [2.24, 2.45) is 4.99 Å². The van der Waals surface area contributed by atoms with Crippen LogP contribution in [0.25, 0.3) is 6.08 Å². The van der Waals surface area contributed by atoms with Crippen molar-refractivity contribution in [3.63, 3.8) is 0 Å². The number of rotatable bonds is 4. The highest BCUT2D eigenvalue weighted by Gasteiger charge is 2.32. The molecule has 0 spiro atoms. The van der Waals surface area contributed by atoms with Crippen molar-refractivity contribution in [3.8, 4) is 11.5 Å². The van der Waals surface area contributed by atoms with Crippen LogP contribution in [0.4, 0.5) is 5.69 Å². The minimum atomic E-state index is -0.992. The van der Waals surface area contributed by atoms with Gasteiger partial charge in [-0.15, -0.1) is 0 Å². The molecule has 2 aliphatic heterocycles. The van der Waals surface area contributed by atoms with Gasteiger partial charge in [0.05, 0.1) is 16.2 Å². The Morgan fingerprint density at radius 1 is 1.21 bits per heavy atom. The zero-order valence-corrected chi connectivity index (χ0v) is 15.7. The summed E-state index contributed by atoms with van der Waals surface area (Å²) >= 11 is 1.28. The lowest BCUT2D eigenvalue weighted by atomic mass is 10.2.